The van der Waals surface area contributed by atoms with E-state index in [1.165, 1.54) is 0 Å². The van der Waals surface area contributed by atoms with Gasteiger partial charge in [-0.25, -0.2) is 4.79 Å². The van der Waals surface area contributed by atoms with Crippen LogP contribution >= 0.6 is 39.1 Å². The van der Waals surface area contributed by atoms with Crippen LogP contribution in [-0.4, -0.2) is 28.0 Å². The zero-order chi connectivity index (χ0) is 13.2. The van der Waals surface area contributed by atoms with Gasteiger partial charge in [-0.3, -0.25) is 4.79 Å². The lowest BCUT2D eigenvalue weighted by molar-refractivity contribution is -0.139. The second-order valence-corrected chi connectivity index (χ2v) is 4.76. The highest BCUT2D eigenvalue weighted by molar-refractivity contribution is 9.10. The molecule has 8 heteroatoms. The highest BCUT2D eigenvalue weighted by Crippen LogP contribution is 2.33. The maximum atomic E-state index is 11.8. The van der Waals surface area contributed by atoms with Crippen LogP contribution in [0.5, 0.6) is 0 Å². The van der Waals surface area contributed by atoms with Crippen LogP contribution in [0, 0.1) is 0 Å². The molecule has 0 spiro atoms. The van der Waals surface area contributed by atoms with E-state index < -0.39 is 17.9 Å². The molecule has 5 nitrogen and oxygen atoms in total. The number of hydrogen-bond donors (Lipinski definition) is 3. The van der Waals surface area contributed by atoms with E-state index in [0.29, 0.717) is 4.47 Å². The van der Waals surface area contributed by atoms with Gasteiger partial charge < -0.3 is 15.4 Å². The van der Waals surface area contributed by atoms with Gasteiger partial charge in [0.1, 0.15) is 16.9 Å². The average molecular weight is 344 g/mol. The SMILES string of the molecule is CCC(NC(=O)c1[nH]c(Cl)c(Cl)c1Br)C(=O)O. The van der Waals surface area contributed by atoms with Gasteiger partial charge in [0.15, 0.2) is 0 Å². The largest absolute Gasteiger partial charge is 0.480 e. The first kappa shape index (κ1) is 14.3. The van der Waals surface area contributed by atoms with Crippen molar-refractivity contribution in [3.05, 3.63) is 20.3 Å². The number of aromatic amines is 1. The number of halogens is 3. The highest BCUT2D eigenvalue weighted by Gasteiger charge is 2.23. The summed E-state index contributed by atoms with van der Waals surface area (Å²) in [5.41, 5.74) is 0.0969. The van der Waals surface area contributed by atoms with Gasteiger partial charge in [0.2, 0.25) is 0 Å². The fourth-order valence-corrected chi connectivity index (χ4v) is 2.07. The summed E-state index contributed by atoms with van der Waals surface area (Å²) < 4.78 is 0.307. The van der Waals surface area contributed by atoms with Gasteiger partial charge in [-0.15, -0.1) is 0 Å². The number of carbonyl (C=O) groups excluding carboxylic acids is 1. The van der Waals surface area contributed by atoms with Crippen molar-refractivity contribution in [3.8, 4) is 0 Å². The Morgan fingerprint density at radius 2 is 2.12 bits per heavy atom. The number of aromatic nitrogens is 1. The smallest absolute Gasteiger partial charge is 0.326 e. The summed E-state index contributed by atoms with van der Waals surface area (Å²) in [6.07, 6.45) is 0.279. The van der Waals surface area contributed by atoms with E-state index in [0.717, 1.165) is 0 Å². The summed E-state index contributed by atoms with van der Waals surface area (Å²) in [5.74, 6) is -1.68. The molecular formula is C9H9BrCl2N2O3. The Morgan fingerprint density at radius 3 is 2.47 bits per heavy atom. The highest BCUT2D eigenvalue weighted by atomic mass is 79.9. The first-order valence-corrected chi connectivity index (χ1v) is 6.19. The molecule has 0 saturated carbocycles. The summed E-state index contributed by atoms with van der Waals surface area (Å²) in [4.78, 5) is 25.1. The second kappa shape index (κ2) is 5.75. The van der Waals surface area contributed by atoms with Crippen molar-refractivity contribution in [2.24, 2.45) is 0 Å². The number of aliphatic carboxylic acids is 1. The van der Waals surface area contributed by atoms with Crippen molar-refractivity contribution in [1.82, 2.24) is 10.3 Å². The summed E-state index contributed by atoms with van der Waals surface area (Å²) in [7, 11) is 0. The molecule has 1 aromatic rings. The number of amides is 1. The monoisotopic (exact) mass is 342 g/mol. The molecule has 0 aliphatic rings. The minimum atomic E-state index is -1.10. The number of rotatable bonds is 4. The first-order chi connectivity index (χ1) is 7.88. The van der Waals surface area contributed by atoms with Gasteiger partial charge in [-0.1, -0.05) is 30.1 Å². The summed E-state index contributed by atoms with van der Waals surface area (Å²) in [5, 5.41) is 11.5. The van der Waals surface area contributed by atoms with Gasteiger partial charge in [-0.2, -0.15) is 0 Å². The number of H-pyrrole nitrogens is 1. The summed E-state index contributed by atoms with van der Waals surface area (Å²) in [6, 6.07) is -0.949. The maximum Gasteiger partial charge on any atom is 0.326 e. The molecule has 94 valence electrons. The lowest BCUT2D eigenvalue weighted by Gasteiger charge is -2.11. The van der Waals surface area contributed by atoms with Crippen molar-refractivity contribution in [1.29, 1.82) is 0 Å². The molecule has 1 heterocycles. The molecule has 17 heavy (non-hydrogen) atoms. The maximum absolute atomic E-state index is 11.8. The Labute approximate surface area is 116 Å². The van der Waals surface area contributed by atoms with E-state index in [2.05, 4.69) is 26.2 Å². The Morgan fingerprint density at radius 1 is 1.53 bits per heavy atom. The molecule has 1 amide bonds. The first-order valence-electron chi connectivity index (χ1n) is 4.64. The standard InChI is InChI=1S/C9H9BrCl2N2O3/c1-2-3(9(16)17)13-8(15)6-4(10)5(11)7(12)14-6/h3,14H,2H2,1H3,(H,13,15)(H,16,17). The molecule has 0 aliphatic heterocycles. The average Bonchev–Trinajstić information content (AvgIpc) is 2.53. The van der Waals surface area contributed by atoms with E-state index in [1.54, 1.807) is 6.92 Å². The van der Waals surface area contributed by atoms with Gasteiger partial charge in [0.25, 0.3) is 5.91 Å². The van der Waals surface area contributed by atoms with Crippen LogP contribution in [0.4, 0.5) is 0 Å². The lowest BCUT2D eigenvalue weighted by atomic mass is 10.2. The third kappa shape index (κ3) is 3.14. The van der Waals surface area contributed by atoms with Gasteiger partial charge in [0.05, 0.1) is 9.50 Å². The minimum Gasteiger partial charge on any atom is -0.480 e. The van der Waals surface area contributed by atoms with Crippen molar-refractivity contribution in [2.45, 2.75) is 19.4 Å². The Bertz CT molecular complexity index is 461. The Balaban J connectivity index is 2.90. The second-order valence-electron chi connectivity index (χ2n) is 3.21. The van der Waals surface area contributed by atoms with Gasteiger partial charge >= 0.3 is 5.97 Å². The van der Waals surface area contributed by atoms with E-state index in [9.17, 15) is 9.59 Å². The van der Waals surface area contributed by atoms with Crippen molar-refractivity contribution in [2.75, 3.05) is 0 Å². The fraction of sp³-hybridized carbons (Fsp3) is 0.333. The minimum absolute atomic E-state index is 0.0969. The van der Waals surface area contributed by atoms with E-state index in [1.807, 2.05) is 0 Å². The van der Waals surface area contributed by atoms with Crippen LogP contribution < -0.4 is 5.32 Å². The zero-order valence-electron chi connectivity index (χ0n) is 8.68. The van der Waals surface area contributed by atoms with E-state index in [4.69, 9.17) is 28.3 Å². The van der Waals surface area contributed by atoms with Crippen LogP contribution in [-0.2, 0) is 4.79 Å². The molecule has 1 unspecified atom stereocenters. The van der Waals surface area contributed by atoms with E-state index in [-0.39, 0.29) is 22.3 Å². The number of hydrogen-bond acceptors (Lipinski definition) is 2. The molecule has 0 aliphatic carbocycles. The van der Waals surface area contributed by atoms with Crippen molar-refractivity contribution in [3.63, 3.8) is 0 Å². The number of carboxylic acid groups (broad SMARTS) is 1. The summed E-state index contributed by atoms with van der Waals surface area (Å²) in [6.45, 7) is 1.66. The van der Waals surface area contributed by atoms with Crippen molar-refractivity contribution >= 4 is 51.0 Å². The van der Waals surface area contributed by atoms with Gasteiger partial charge in [-0.05, 0) is 22.4 Å². The number of carboxylic acids is 1. The third-order valence-corrected chi connectivity index (χ3v) is 3.86. The molecule has 0 fully saturated rings. The normalized spacial score (nSPS) is 12.2. The predicted molar refractivity (Wildman–Crippen MR) is 67.7 cm³/mol. The van der Waals surface area contributed by atoms with Crippen LogP contribution in [0.3, 0.4) is 0 Å². The number of nitrogens with one attached hydrogen (secondary N) is 2. The molecule has 0 aromatic carbocycles. The Hall–Kier alpha value is -0.720. The van der Waals surface area contributed by atoms with Crippen LogP contribution in [0.15, 0.2) is 4.47 Å². The molecule has 3 N–H and O–H groups in total. The Kier molecular flexibility index (Phi) is 4.85. The molecule has 1 atom stereocenters. The molecule has 0 radical (unpaired) electrons. The lowest BCUT2D eigenvalue weighted by Crippen LogP contribution is -2.40. The topological polar surface area (TPSA) is 82.2 Å². The molecule has 1 rings (SSSR count). The zero-order valence-corrected chi connectivity index (χ0v) is 11.8. The summed E-state index contributed by atoms with van der Waals surface area (Å²) >= 11 is 14.6. The third-order valence-electron chi connectivity index (χ3n) is 2.08. The number of carbonyl (C=O) groups is 2. The predicted octanol–water partition coefficient (Wildman–Crippen LogP) is 2.68. The molecular weight excluding hydrogens is 335 g/mol. The quantitative estimate of drug-likeness (QED) is 0.786. The molecule has 1 aromatic heterocycles. The van der Waals surface area contributed by atoms with E-state index >= 15 is 0 Å². The fourth-order valence-electron chi connectivity index (χ4n) is 1.15. The van der Waals surface area contributed by atoms with Crippen LogP contribution in [0.2, 0.25) is 10.2 Å². The molecule has 0 saturated heterocycles. The van der Waals surface area contributed by atoms with Crippen LogP contribution in [0.1, 0.15) is 23.8 Å². The molecule has 0 bridgehead atoms. The van der Waals surface area contributed by atoms with Gasteiger partial charge in [0, 0.05) is 0 Å². The van der Waals surface area contributed by atoms with Crippen LogP contribution in [0.25, 0.3) is 0 Å². The van der Waals surface area contributed by atoms with Crippen molar-refractivity contribution < 1.29 is 14.7 Å².